The fraction of sp³-hybridized carbons (Fsp3) is 0.280. The fourth-order valence-electron chi connectivity index (χ4n) is 4.74. The normalized spacial score (nSPS) is 18.8. The molecule has 2 aromatic carbocycles. The molecule has 1 aromatic heterocycles. The van der Waals surface area contributed by atoms with E-state index in [1.165, 1.54) is 0 Å². The zero-order valence-corrected chi connectivity index (χ0v) is 18.5. The highest BCUT2D eigenvalue weighted by Crippen LogP contribution is 2.47. The number of aromatic nitrogens is 2. The number of rotatable bonds is 2. The fourth-order valence-corrected chi connectivity index (χ4v) is 4.92. The summed E-state index contributed by atoms with van der Waals surface area (Å²) in [5.74, 6) is 4.70. The Morgan fingerprint density at radius 3 is 2.69 bits per heavy atom. The van der Waals surface area contributed by atoms with Crippen molar-refractivity contribution in [1.82, 2.24) is 9.55 Å². The molecular formula is C25H23ClN4O2. The van der Waals surface area contributed by atoms with E-state index in [4.69, 9.17) is 33.5 Å². The molecule has 32 heavy (non-hydrogen) atoms. The molecule has 5 rings (SSSR count). The Hall–Kier alpha value is -3.27. The molecule has 1 saturated heterocycles. The third-order valence-corrected chi connectivity index (χ3v) is 6.70. The number of halogens is 1. The van der Waals surface area contributed by atoms with Crippen LogP contribution >= 0.6 is 11.6 Å². The lowest BCUT2D eigenvalue weighted by atomic mass is 9.83. The Balaban J connectivity index is 1.37. The third kappa shape index (κ3) is 3.35. The number of nitrogens with zero attached hydrogens (tertiary/aromatic N) is 3. The van der Waals surface area contributed by atoms with Crippen LogP contribution in [0.4, 0.5) is 5.82 Å². The van der Waals surface area contributed by atoms with Crippen molar-refractivity contribution in [3.05, 3.63) is 80.9 Å². The smallest absolute Gasteiger partial charge is 0.260 e. The van der Waals surface area contributed by atoms with Crippen LogP contribution < -0.4 is 20.9 Å². The summed E-state index contributed by atoms with van der Waals surface area (Å²) in [5, 5.41) is 0.572. The molecule has 3 heterocycles. The molecule has 3 aromatic rings. The van der Waals surface area contributed by atoms with Crippen molar-refractivity contribution in [1.29, 1.82) is 0 Å². The minimum Gasteiger partial charge on any atom is -0.485 e. The molecule has 2 aliphatic heterocycles. The maximum Gasteiger partial charge on any atom is 0.260 e. The molecule has 2 aliphatic rings. The second-order valence-electron chi connectivity index (χ2n) is 8.34. The van der Waals surface area contributed by atoms with Gasteiger partial charge in [-0.3, -0.25) is 9.36 Å². The predicted molar refractivity (Wildman–Crippen MR) is 126 cm³/mol. The van der Waals surface area contributed by atoms with Gasteiger partial charge in [0.1, 0.15) is 23.0 Å². The van der Waals surface area contributed by atoms with Gasteiger partial charge in [0.25, 0.3) is 5.56 Å². The quantitative estimate of drug-likeness (QED) is 0.609. The number of hydrogen-bond donors (Lipinski definition) is 1. The minimum absolute atomic E-state index is 0.141. The number of aryl methyl sites for hydroxylation is 1. The van der Waals surface area contributed by atoms with Gasteiger partial charge in [-0.1, -0.05) is 29.7 Å². The molecule has 1 atom stereocenters. The molecule has 0 amide bonds. The highest BCUT2D eigenvalue weighted by Gasteiger charge is 2.48. The lowest BCUT2D eigenvalue weighted by molar-refractivity contribution is 0.0431. The maximum absolute atomic E-state index is 12.9. The summed E-state index contributed by atoms with van der Waals surface area (Å²) < 4.78 is 7.93. The van der Waals surface area contributed by atoms with Gasteiger partial charge in [0, 0.05) is 48.1 Å². The Bertz CT molecular complexity index is 1300. The number of benzene rings is 2. The summed E-state index contributed by atoms with van der Waals surface area (Å²) >= 11 is 6.10. The lowest BCUT2D eigenvalue weighted by Gasteiger charge is -2.41. The van der Waals surface area contributed by atoms with Gasteiger partial charge in [0.05, 0.1) is 11.7 Å². The van der Waals surface area contributed by atoms with Crippen molar-refractivity contribution in [3.8, 4) is 23.8 Å². The van der Waals surface area contributed by atoms with Crippen LogP contribution in [0.1, 0.15) is 35.8 Å². The van der Waals surface area contributed by atoms with E-state index in [2.05, 4.69) is 10.8 Å². The molecule has 0 unspecified atom stereocenters. The van der Waals surface area contributed by atoms with E-state index in [0.717, 1.165) is 29.7 Å². The lowest BCUT2D eigenvalue weighted by Crippen LogP contribution is -2.51. The van der Waals surface area contributed by atoms with Crippen molar-refractivity contribution in [3.63, 3.8) is 0 Å². The summed E-state index contributed by atoms with van der Waals surface area (Å²) in [4.78, 5) is 19.7. The van der Waals surface area contributed by atoms with Gasteiger partial charge < -0.3 is 15.4 Å². The first-order valence-corrected chi connectivity index (χ1v) is 10.9. The number of ether oxygens (including phenoxy) is 1. The molecule has 1 spiro atoms. The van der Waals surface area contributed by atoms with Crippen molar-refractivity contribution in [2.45, 2.75) is 31.4 Å². The first kappa shape index (κ1) is 20.6. The highest BCUT2D eigenvalue weighted by molar-refractivity contribution is 6.30. The molecule has 162 valence electrons. The van der Waals surface area contributed by atoms with Crippen molar-refractivity contribution in [2.75, 3.05) is 18.0 Å². The van der Waals surface area contributed by atoms with Gasteiger partial charge >= 0.3 is 0 Å². The zero-order chi connectivity index (χ0) is 22.5. The number of fused-ring (bicyclic) bond motifs is 1. The molecular weight excluding hydrogens is 424 g/mol. The Kier molecular flexibility index (Phi) is 4.96. The first-order valence-electron chi connectivity index (χ1n) is 10.6. The van der Waals surface area contributed by atoms with Crippen LogP contribution in [0.5, 0.6) is 5.75 Å². The van der Waals surface area contributed by atoms with Gasteiger partial charge in [-0.2, -0.15) is 0 Å². The molecule has 0 saturated carbocycles. The summed E-state index contributed by atoms with van der Waals surface area (Å²) in [6.45, 7) is 3.21. The molecule has 0 radical (unpaired) electrons. The second-order valence-corrected chi connectivity index (χ2v) is 8.78. The SMILES string of the molecule is C#Cc1ccc2c(c1)OC1(CCN(c3cc(=O)n(-c4cccc(Cl)c4)c(C)n3)CC1)[C@@H]2N. The van der Waals surface area contributed by atoms with Crippen LogP contribution in [0.25, 0.3) is 5.69 Å². The van der Waals surface area contributed by atoms with Crippen molar-refractivity contribution in [2.24, 2.45) is 5.73 Å². The summed E-state index contributed by atoms with van der Waals surface area (Å²) in [7, 11) is 0. The average molecular weight is 447 g/mol. The number of terminal acetylenes is 1. The summed E-state index contributed by atoms with van der Waals surface area (Å²) in [6.07, 6.45) is 6.98. The molecule has 7 heteroatoms. The molecule has 2 N–H and O–H groups in total. The van der Waals surface area contributed by atoms with E-state index >= 15 is 0 Å². The number of nitrogens with two attached hydrogens (primary N) is 1. The molecule has 6 nitrogen and oxygen atoms in total. The van der Waals surface area contributed by atoms with E-state index in [0.29, 0.717) is 35.4 Å². The van der Waals surface area contributed by atoms with Crippen LogP contribution in [-0.4, -0.2) is 28.2 Å². The number of piperidine rings is 1. The Morgan fingerprint density at radius 2 is 2.00 bits per heavy atom. The van der Waals surface area contributed by atoms with E-state index in [1.807, 2.05) is 37.3 Å². The predicted octanol–water partition coefficient (Wildman–Crippen LogP) is 3.61. The molecule has 1 fully saturated rings. The van der Waals surface area contributed by atoms with Crippen molar-refractivity contribution < 1.29 is 4.74 Å². The maximum atomic E-state index is 12.9. The third-order valence-electron chi connectivity index (χ3n) is 6.47. The van der Waals surface area contributed by atoms with Gasteiger partial charge in [-0.05, 0) is 37.3 Å². The monoisotopic (exact) mass is 446 g/mol. The Labute approximate surface area is 191 Å². The summed E-state index contributed by atoms with van der Waals surface area (Å²) in [6, 6.07) is 14.3. The zero-order valence-electron chi connectivity index (χ0n) is 17.7. The largest absolute Gasteiger partial charge is 0.485 e. The van der Waals surface area contributed by atoms with Gasteiger partial charge in [0.15, 0.2) is 0 Å². The standard InChI is InChI=1S/C25H23ClN4O2/c1-3-17-7-8-20-21(13-17)32-25(24(20)27)9-11-29(12-10-25)22-15-23(31)30(16(2)28-22)19-6-4-5-18(26)14-19/h1,4-8,13-15,24H,9-12,27H2,2H3/t24-/m1/s1. The van der Waals surface area contributed by atoms with E-state index in [-0.39, 0.29) is 11.6 Å². The average Bonchev–Trinajstić information content (AvgIpc) is 3.04. The highest BCUT2D eigenvalue weighted by atomic mass is 35.5. The van der Waals surface area contributed by atoms with E-state index in [9.17, 15) is 4.79 Å². The molecule has 0 bridgehead atoms. The van der Waals surface area contributed by atoms with Crippen LogP contribution in [0.3, 0.4) is 0 Å². The van der Waals surface area contributed by atoms with Crippen molar-refractivity contribution >= 4 is 17.4 Å². The van der Waals surface area contributed by atoms with E-state index < -0.39 is 5.60 Å². The van der Waals surface area contributed by atoms with Crippen LogP contribution in [-0.2, 0) is 0 Å². The van der Waals surface area contributed by atoms with E-state index in [1.54, 1.807) is 22.8 Å². The van der Waals surface area contributed by atoms with Crippen LogP contribution in [0.2, 0.25) is 5.02 Å². The second kappa shape index (κ2) is 7.70. The van der Waals surface area contributed by atoms with Crippen LogP contribution in [0.15, 0.2) is 53.3 Å². The van der Waals surface area contributed by atoms with Gasteiger partial charge in [-0.15, -0.1) is 6.42 Å². The topological polar surface area (TPSA) is 73.4 Å². The summed E-state index contributed by atoms with van der Waals surface area (Å²) in [5.41, 5.74) is 8.48. The van der Waals surface area contributed by atoms with Gasteiger partial charge in [0.2, 0.25) is 0 Å². The first-order chi connectivity index (χ1) is 15.4. The Morgan fingerprint density at radius 1 is 1.22 bits per heavy atom. The van der Waals surface area contributed by atoms with Gasteiger partial charge in [-0.25, -0.2) is 4.98 Å². The number of anilines is 1. The molecule has 0 aliphatic carbocycles. The minimum atomic E-state index is -0.461. The number of hydrogen-bond acceptors (Lipinski definition) is 5. The van der Waals surface area contributed by atoms with Crippen LogP contribution in [0, 0.1) is 19.3 Å².